The molecule has 0 aliphatic carbocycles. The SMILES string of the molecule is CC(C)c1cc(N2CCOC(CCN)C2)ncn1. The second kappa shape index (κ2) is 6.11. The number of anilines is 1. The summed E-state index contributed by atoms with van der Waals surface area (Å²) in [5.41, 5.74) is 6.67. The highest BCUT2D eigenvalue weighted by molar-refractivity contribution is 5.40. The average Bonchev–Trinajstić information content (AvgIpc) is 2.39. The summed E-state index contributed by atoms with van der Waals surface area (Å²) in [4.78, 5) is 10.9. The van der Waals surface area contributed by atoms with Gasteiger partial charge >= 0.3 is 0 Å². The molecule has 1 fully saturated rings. The smallest absolute Gasteiger partial charge is 0.132 e. The zero-order valence-electron chi connectivity index (χ0n) is 11.2. The lowest BCUT2D eigenvalue weighted by Crippen LogP contribution is -2.43. The molecule has 2 N–H and O–H groups in total. The van der Waals surface area contributed by atoms with Gasteiger partial charge in [0.15, 0.2) is 0 Å². The van der Waals surface area contributed by atoms with Gasteiger partial charge in [-0.05, 0) is 18.9 Å². The van der Waals surface area contributed by atoms with E-state index in [0.717, 1.165) is 37.6 Å². The van der Waals surface area contributed by atoms with Crippen molar-refractivity contribution in [2.45, 2.75) is 32.3 Å². The Bertz CT molecular complexity index is 381. The monoisotopic (exact) mass is 250 g/mol. The molecule has 0 radical (unpaired) electrons. The van der Waals surface area contributed by atoms with E-state index < -0.39 is 0 Å². The Labute approximate surface area is 108 Å². The Balaban J connectivity index is 2.08. The Hall–Kier alpha value is -1.20. The molecule has 0 saturated carbocycles. The van der Waals surface area contributed by atoms with Gasteiger partial charge in [-0.15, -0.1) is 0 Å². The Kier molecular flexibility index (Phi) is 4.49. The molecule has 0 amide bonds. The van der Waals surface area contributed by atoms with Crippen LogP contribution in [0.2, 0.25) is 0 Å². The number of nitrogens with zero attached hydrogens (tertiary/aromatic N) is 3. The van der Waals surface area contributed by atoms with Crippen molar-refractivity contribution >= 4 is 5.82 Å². The zero-order chi connectivity index (χ0) is 13.0. The minimum atomic E-state index is 0.223. The zero-order valence-corrected chi connectivity index (χ0v) is 11.2. The quantitative estimate of drug-likeness (QED) is 0.868. The molecule has 0 bridgehead atoms. The van der Waals surface area contributed by atoms with Gasteiger partial charge in [-0.1, -0.05) is 13.8 Å². The molecule has 1 saturated heterocycles. The fourth-order valence-electron chi connectivity index (χ4n) is 2.14. The average molecular weight is 250 g/mol. The van der Waals surface area contributed by atoms with Crippen LogP contribution in [-0.2, 0) is 4.74 Å². The summed E-state index contributed by atoms with van der Waals surface area (Å²) in [5.74, 6) is 1.42. The van der Waals surface area contributed by atoms with Crippen molar-refractivity contribution in [2.75, 3.05) is 31.1 Å². The molecule has 0 spiro atoms. The lowest BCUT2D eigenvalue weighted by molar-refractivity contribution is 0.0366. The first kappa shape index (κ1) is 13.2. The maximum atomic E-state index is 5.68. The van der Waals surface area contributed by atoms with Crippen molar-refractivity contribution in [3.05, 3.63) is 18.1 Å². The molecule has 1 unspecified atom stereocenters. The first-order valence-electron chi connectivity index (χ1n) is 6.59. The van der Waals surface area contributed by atoms with Crippen molar-refractivity contribution in [1.29, 1.82) is 0 Å². The van der Waals surface area contributed by atoms with Gasteiger partial charge in [0.05, 0.1) is 12.7 Å². The van der Waals surface area contributed by atoms with E-state index >= 15 is 0 Å². The van der Waals surface area contributed by atoms with Gasteiger partial charge in [0.25, 0.3) is 0 Å². The largest absolute Gasteiger partial charge is 0.374 e. The highest BCUT2D eigenvalue weighted by Crippen LogP contribution is 2.19. The van der Waals surface area contributed by atoms with Gasteiger partial charge in [-0.3, -0.25) is 0 Å². The Morgan fingerprint density at radius 3 is 3.06 bits per heavy atom. The summed E-state index contributed by atoms with van der Waals surface area (Å²) in [7, 11) is 0. The molecule has 1 aromatic rings. The van der Waals surface area contributed by atoms with E-state index in [2.05, 4.69) is 34.8 Å². The number of aromatic nitrogens is 2. The van der Waals surface area contributed by atoms with E-state index in [-0.39, 0.29) is 6.10 Å². The summed E-state index contributed by atoms with van der Waals surface area (Å²) in [5, 5.41) is 0. The third-order valence-electron chi connectivity index (χ3n) is 3.22. The lowest BCUT2D eigenvalue weighted by atomic mass is 10.1. The van der Waals surface area contributed by atoms with Crippen LogP contribution in [-0.4, -0.2) is 42.3 Å². The third kappa shape index (κ3) is 3.17. The van der Waals surface area contributed by atoms with E-state index in [1.54, 1.807) is 6.33 Å². The van der Waals surface area contributed by atoms with Gasteiger partial charge < -0.3 is 15.4 Å². The fourth-order valence-corrected chi connectivity index (χ4v) is 2.14. The van der Waals surface area contributed by atoms with Crippen LogP contribution in [0.25, 0.3) is 0 Å². The maximum Gasteiger partial charge on any atom is 0.132 e. The first-order valence-corrected chi connectivity index (χ1v) is 6.59. The molecule has 2 heterocycles. The second-order valence-electron chi connectivity index (χ2n) is 4.97. The lowest BCUT2D eigenvalue weighted by Gasteiger charge is -2.33. The number of morpholine rings is 1. The van der Waals surface area contributed by atoms with Gasteiger partial charge in [0.1, 0.15) is 12.1 Å². The standard InChI is InChI=1S/C13H22N4O/c1-10(2)12-7-13(16-9-15-12)17-5-6-18-11(8-17)3-4-14/h7,9-11H,3-6,8,14H2,1-2H3. The molecule has 5 nitrogen and oxygen atoms in total. The summed E-state index contributed by atoms with van der Waals surface area (Å²) in [6.45, 7) is 7.44. The molecule has 18 heavy (non-hydrogen) atoms. The molecule has 100 valence electrons. The molecule has 1 aliphatic rings. The van der Waals surface area contributed by atoms with Crippen LogP contribution in [0.5, 0.6) is 0 Å². The van der Waals surface area contributed by atoms with Crippen molar-refractivity contribution in [2.24, 2.45) is 5.73 Å². The molecule has 1 aliphatic heterocycles. The van der Waals surface area contributed by atoms with Crippen LogP contribution >= 0.6 is 0 Å². The van der Waals surface area contributed by atoms with Crippen molar-refractivity contribution in [1.82, 2.24) is 9.97 Å². The van der Waals surface area contributed by atoms with E-state index in [1.807, 2.05) is 0 Å². The molecule has 1 atom stereocenters. The minimum absolute atomic E-state index is 0.223. The van der Waals surface area contributed by atoms with Crippen molar-refractivity contribution in [3.63, 3.8) is 0 Å². The van der Waals surface area contributed by atoms with E-state index in [4.69, 9.17) is 10.5 Å². The number of hydrogen-bond acceptors (Lipinski definition) is 5. The highest BCUT2D eigenvalue weighted by Gasteiger charge is 2.21. The maximum absolute atomic E-state index is 5.68. The predicted octanol–water partition coefficient (Wildman–Crippen LogP) is 1.15. The van der Waals surface area contributed by atoms with Gasteiger partial charge in [0.2, 0.25) is 0 Å². The summed E-state index contributed by atoms with van der Waals surface area (Å²) < 4.78 is 5.68. The van der Waals surface area contributed by atoms with Crippen LogP contribution in [0.1, 0.15) is 31.9 Å². The van der Waals surface area contributed by atoms with E-state index in [0.29, 0.717) is 12.5 Å². The molecule has 0 aromatic carbocycles. The third-order valence-corrected chi connectivity index (χ3v) is 3.22. The molecule has 5 heteroatoms. The Morgan fingerprint density at radius 2 is 2.33 bits per heavy atom. The normalized spacial score (nSPS) is 20.4. The van der Waals surface area contributed by atoms with Gasteiger partial charge in [-0.2, -0.15) is 0 Å². The fraction of sp³-hybridized carbons (Fsp3) is 0.692. The highest BCUT2D eigenvalue weighted by atomic mass is 16.5. The van der Waals surface area contributed by atoms with Crippen LogP contribution in [0.4, 0.5) is 5.82 Å². The topological polar surface area (TPSA) is 64.3 Å². The number of hydrogen-bond donors (Lipinski definition) is 1. The predicted molar refractivity (Wildman–Crippen MR) is 71.7 cm³/mol. The van der Waals surface area contributed by atoms with E-state index in [9.17, 15) is 0 Å². The summed E-state index contributed by atoms with van der Waals surface area (Å²) in [6.07, 6.45) is 2.78. The second-order valence-corrected chi connectivity index (χ2v) is 4.97. The molecular formula is C13H22N4O. The first-order chi connectivity index (χ1) is 8.70. The summed E-state index contributed by atoms with van der Waals surface area (Å²) in [6, 6.07) is 2.08. The molecule has 2 rings (SSSR count). The minimum Gasteiger partial charge on any atom is -0.374 e. The Morgan fingerprint density at radius 1 is 1.50 bits per heavy atom. The summed E-state index contributed by atoms with van der Waals surface area (Å²) >= 11 is 0. The van der Waals surface area contributed by atoms with Crippen LogP contribution in [0.15, 0.2) is 12.4 Å². The van der Waals surface area contributed by atoms with Crippen LogP contribution in [0.3, 0.4) is 0 Å². The van der Waals surface area contributed by atoms with E-state index in [1.165, 1.54) is 0 Å². The molecule has 1 aromatic heterocycles. The number of nitrogens with two attached hydrogens (primary N) is 1. The number of rotatable bonds is 4. The van der Waals surface area contributed by atoms with Crippen LogP contribution in [0, 0.1) is 0 Å². The number of ether oxygens (including phenoxy) is 1. The van der Waals surface area contributed by atoms with Crippen molar-refractivity contribution in [3.8, 4) is 0 Å². The van der Waals surface area contributed by atoms with Gasteiger partial charge in [-0.25, -0.2) is 9.97 Å². The molecular weight excluding hydrogens is 228 g/mol. The van der Waals surface area contributed by atoms with Crippen LogP contribution < -0.4 is 10.6 Å². The van der Waals surface area contributed by atoms with Crippen molar-refractivity contribution < 1.29 is 4.74 Å². The van der Waals surface area contributed by atoms with Gasteiger partial charge in [0, 0.05) is 24.8 Å².